The van der Waals surface area contributed by atoms with Gasteiger partial charge in [-0.3, -0.25) is 0 Å². The van der Waals surface area contributed by atoms with E-state index in [0.717, 1.165) is 22.2 Å². The molecule has 102 valence electrons. The van der Waals surface area contributed by atoms with Crippen LogP contribution in [0.5, 0.6) is 0 Å². The number of oxazole rings is 1. The number of benzene rings is 2. The van der Waals surface area contributed by atoms with E-state index in [-0.39, 0.29) is 10.6 Å². The molecule has 3 aromatic rings. The Morgan fingerprint density at radius 2 is 2.05 bits per heavy atom. The Labute approximate surface area is 124 Å². The maximum atomic E-state index is 13.1. The molecule has 0 radical (unpaired) electrons. The molecule has 0 fully saturated rings. The van der Waals surface area contributed by atoms with E-state index in [1.807, 2.05) is 31.2 Å². The highest BCUT2D eigenvalue weighted by Crippen LogP contribution is 2.30. The Bertz CT molecular complexity index is 720. The fourth-order valence-corrected chi connectivity index (χ4v) is 3.05. The average Bonchev–Trinajstić information content (AvgIpc) is 2.80. The van der Waals surface area contributed by atoms with Crippen LogP contribution in [0, 0.1) is 12.7 Å². The van der Waals surface area contributed by atoms with Crippen LogP contribution in [0.1, 0.15) is 21.8 Å². The van der Waals surface area contributed by atoms with E-state index in [1.54, 1.807) is 6.07 Å². The van der Waals surface area contributed by atoms with Gasteiger partial charge in [-0.15, -0.1) is 0 Å². The third kappa shape index (κ3) is 2.61. The molecule has 2 nitrogen and oxygen atoms in total. The van der Waals surface area contributed by atoms with Crippen molar-refractivity contribution in [3.8, 4) is 0 Å². The minimum absolute atomic E-state index is 0.0520. The number of alkyl halides is 1. The lowest BCUT2D eigenvalue weighted by Crippen LogP contribution is -1.98. The van der Waals surface area contributed by atoms with Gasteiger partial charge >= 0.3 is 0 Å². The van der Waals surface area contributed by atoms with Crippen molar-refractivity contribution in [2.45, 2.75) is 18.2 Å². The third-order valence-corrected chi connectivity index (χ3v) is 4.08. The number of aryl methyl sites for hydroxylation is 1. The summed E-state index contributed by atoms with van der Waals surface area (Å²) >= 11 is 3.63. The van der Waals surface area contributed by atoms with Crippen molar-refractivity contribution in [2.24, 2.45) is 0 Å². The van der Waals surface area contributed by atoms with Crippen LogP contribution < -0.4 is 0 Å². The molecule has 0 aliphatic carbocycles. The first kappa shape index (κ1) is 13.3. The molecule has 4 heteroatoms. The predicted molar refractivity (Wildman–Crippen MR) is 80.5 cm³/mol. The van der Waals surface area contributed by atoms with Gasteiger partial charge in [0.15, 0.2) is 11.5 Å². The molecule has 2 aromatic carbocycles. The Kier molecular flexibility index (Phi) is 3.57. The van der Waals surface area contributed by atoms with Crippen LogP contribution in [0.25, 0.3) is 11.1 Å². The van der Waals surface area contributed by atoms with Gasteiger partial charge in [0, 0.05) is 11.2 Å². The third-order valence-electron chi connectivity index (χ3n) is 3.26. The van der Waals surface area contributed by atoms with Gasteiger partial charge in [-0.05, 0) is 42.3 Å². The molecule has 0 amide bonds. The Morgan fingerprint density at radius 3 is 2.80 bits per heavy atom. The zero-order chi connectivity index (χ0) is 14.1. The number of halogens is 2. The molecule has 0 spiro atoms. The molecule has 0 aliphatic heterocycles. The second-order valence-corrected chi connectivity index (χ2v) is 5.85. The van der Waals surface area contributed by atoms with E-state index in [1.165, 1.54) is 12.1 Å². The highest BCUT2D eigenvalue weighted by Gasteiger charge is 2.15. The number of fused-ring (bicyclic) bond motifs is 1. The van der Waals surface area contributed by atoms with Crippen molar-refractivity contribution in [3.05, 3.63) is 65.3 Å². The maximum Gasteiger partial charge on any atom is 0.196 e. The molecule has 0 saturated carbocycles. The second-order valence-electron chi connectivity index (χ2n) is 4.75. The summed E-state index contributed by atoms with van der Waals surface area (Å²) in [6.07, 6.45) is 0.626. The lowest BCUT2D eigenvalue weighted by Gasteiger charge is -2.11. The quantitative estimate of drug-likeness (QED) is 0.633. The smallest absolute Gasteiger partial charge is 0.196 e. The van der Waals surface area contributed by atoms with E-state index in [4.69, 9.17) is 4.42 Å². The van der Waals surface area contributed by atoms with Gasteiger partial charge in [-0.1, -0.05) is 34.1 Å². The lowest BCUT2D eigenvalue weighted by atomic mass is 10.0. The van der Waals surface area contributed by atoms with E-state index in [2.05, 4.69) is 20.9 Å². The maximum absolute atomic E-state index is 13.1. The number of nitrogens with zero attached hydrogens (tertiary/aromatic N) is 1. The molecule has 20 heavy (non-hydrogen) atoms. The Balaban J connectivity index is 1.86. The molecular formula is C16H13BrFNO. The highest BCUT2D eigenvalue weighted by atomic mass is 79.9. The van der Waals surface area contributed by atoms with E-state index < -0.39 is 0 Å². The van der Waals surface area contributed by atoms with Gasteiger partial charge < -0.3 is 4.42 Å². The molecule has 0 bridgehead atoms. The summed E-state index contributed by atoms with van der Waals surface area (Å²) in [6.45, 7) is 1.90. The zero-order valence-electron chi connectivity index (χ0n) is 10.9. The number of para-hydroxylation sites is 2. The van der Waals surface area contributed by atoms with E-state index >= 15 is 0 Å². The van der Waals surface area contributed by atoms with Gasteiger partial charge in [0.25, 0.3) is 0 Å². The molecule has 0 saturated heterocycles. The standard InChI is InChI=1S/C16H13BrFNO/c1-10-8-11(18)6-7-12(10)13(17)9-16-19-14-4-2-3-5-15(14)20-16/h2-8,13H,9H2,1H3. The molecule has 1 aromatic heterocycles. The summed E-state index contributed by atoms with van der Waals surface area (Å²) in [6, 6.07) is 12.5. The zero-order valence-corrected chi connectivity index (χ0v) is 12.5. The van der Waals surface area contributed by atoms with Gasteiger partial charge in [0.05, 0.1) is 0 Å². The predicted octanol–water partition coefficient (Wildman–Crippen LogP) is 4.95. The van der Waals surface area contributed by atoms with Crippen LogP contribution >= 0.6 is 15.9 Å². The Morgan fingerprint density at radius 1 is 1.25 bits per heavy atom. The first-order chi connectivity index (χ1) is 9.63. The molecule has 1 atom stereocenters. The summed E-state index contributed by atoms with van der Waals surface area (Å²) < 4.78 is 18.8. The largest absolute Gasteiger partial charge is 0.441 e. The van der Waals surface area contributed by atoms with Crippen molar-refractivity contribution in [3.63, 3.8) is 0 Å². The number of rotatable bonds is 3. The second kappa shape index (κ2) is 5.37. The van der Waals surface area contributed by atoms with Crippen molar-refractivity contribution < 1.29 is 8.81 Å². The van der Waals surface area contributed by atoms with Crippen molar-refractivity contribution in [1.29, 1.82) is 0 Å². The molecular weight excluding hydrogens is 321 g/mol. The fourth-order valence-electron chi connectivity index (χ4n) is 2.26. The number of aromatic nitrogens is 1. The first-order valence-corrected chi connectivity index (χ1v) is 7.29. The molecule has 1 unspecified atom stereocenters. The van der Waals surface area contributed by atoms with Crippen molar-refractivity contribution >= 4 is 27.0 Å². The van der Waals surface area contributed by atoms with Gasteiger partial charge in [-0.2, -0.15) is 0 Å². The summed E-state index contributed by atoms with van der Waals surface area (Å²) in [5, 5.41) is 0. The van der Waals surface area contributed by atoms with Crippen LogP contribution in [-0.4, -0.2) is 4.98 Å². The van der Waals surface area contributed by atoms with E-state index in [0.29, 0.717) is 12.3 Å². The van der Waals surface area contributed by atoms with Gasteiger partial charge in [0.2, 0.25) is 0 Å². The van der Waals surface area contributed by atoms with E-state index in [9.17, 15) is 4.39 Å². The minimum atomic E-state index is -0.215. The van der Waals surface area contributed by atoms with Gasteiger partial charge in [-0.25, -0.2) is 9.37 Å². The average molecular weight is 334 g/mol. The summed E-state index contributed by atoms with van der Waals surface area (Å²) in [5.41, 5.74) is 3.62. The van der Waals surface area contributed by atoms with Crippen LogP contribution in [0.4, 0.5) is 4.39 Å². The van der Waals surface area contributed by atoms with Crippen molar-refractivity contribution in [1.82, 2.24) is 4.98 Å². The normalized spacial score (nSPS) is 12.8. The number of hydrogen-bond acceptors (Lipinski definition) is 2. The Hall–Kier alpha value is -1.68. The first-order valence-electron chi connectivity index (χ1n) is 6.38. The fraction of sp³-hybridized carbons (Fsp3) is 0.188. The minimum Gasteiger partial charge on any atom is -0.441 e. The lowest BCUT2D eigenvalue weighted by molar-refractivity contribution is 0.527. The number of hydrogen-bond donors (Lipinski definition) is 0. The topological polar surface area (TPSA) is 26.0 Å². The van der Waals surface area contributed by atoms with Crippen LogP contribution in [0.3, 0.4) is 0 Å². The van der Waals surface area contributed by atoms with Crippen LogP contribution in [0.2, 0.25) is 0 Å². The van der Waals surface area contributed by atoms with Gasteiger partial charge in [0.1, 0.15) is 11.3 Å². The molecule has 0 N–H and O–H groups in total. The molecule has 3 rings (SSSR count). The molecule has 0 aliphatic rings. The summed E-state index contributed by atoms with van der Waals surface area (Å²) in [5.74, 6) is 0.463. The van der Waals surface area contributed by atoms with Crippen molar-refractivity contribution in [2.75, 3.05) is 0 Å². The van der Waals surface area contributed by atoms with Crippen LogP contribution in [-0.2, 0) is 6.42 Å². The van der Waals surface area contributed by atoms with Crippen LogP contribution in [0.15, 0.2) is 46.9 Å². The molecule has 1 heterocycles. The highest BCUT2D eigenvalue weighted by molar-refractivity contribution is 9.09. The SMILES string of the molecule is Cc1cc(F)ccc1C(Br)Cc1nc2ccccc2o1. The monoisotopic (exact) mass is 333 g/mol. The summed E-state index contributed by atoms with van der Waals surface area (Å²) in [7, 11) is 0. The summed E-state index contributed by atoms with van der Waals surface area (Å²) in [4.78, 5) is 4.51.